The molecular formula is C11H23NO. The summed E-state index contributed by atoms with van der Waals surface area (Å²) >= 11 is 0. The van der Waals surface area contributed by atoms with Gasteiger partial charge in [0, 0.05) is 25.7 Å². The van der Waals surface area contributed by atoms with E-state index in [0.29, 0.717) is 12.5 Å². The van der Waals surface area contributed by atoms with Gasteiger partial charge in [0.25, 0.3) is 0 Å². The summed E-state index contributed by atoms with van der Waals surface area (Å²) in [5, 5.41) is 8.99. The van der Waals surface area contributed by atoms with E-state index in [1.54, 1.807) is 0 Å². The lowest BCUT2D eigenvalue weighted by atomic mass is 10.1. The zero-order chi connectivity index (χ0) is 9.84. The molecule has 0 aliphatic heterocycles. The molecule has 0 aromatic rings. The van der Waals surface area contributed by atoms with Crippen molar-refractivity contribution in [2.45, 2.75) is 39.7 Å². The summed E-state index contributed by atoms with van der Waals surface area (Å²) < 4.78 is 0. The molecule has 1 atom stereocenters. The lowest BCUT2D eigenvalue weighted by Gasteiger charge is -2.26. The van der Waals surface area contributed by atoms with Crippen LogP contribution in [0.3, 0.4) is 0 Å². The van der Waals surface area contributed by atoms with Crippen molar-refractivity contribution in [1.82, 2.24) is 4.90 Å². The van der Waals surface area contributed by atoms with Crippen LogP contribution in [0.1, 0.15) is 33.6 Å². The Morgan fingerprint density at radius 2 is 1.85 bits per heavy atom. The lowest BCUT2D eigenvalue weighted by Crippen LogP contribution is -2.34. The zero-order valence-corrected chi connectivity index (χ0v) is 9.16. The molecule has 0 saturated heterocycles. The molecule has 0 aromatic carbocycles. The summed E-state index contributed by atoms with van der Waals surface area (Å²) in [6, 6.07) is 0.830. The molecular weight excluding hydrogens is 162 g/mol. The van der Waals surface area contributed by atoms with Gasteiger partial charge >= 0.3 is 0 Å². The van der Waals surface area contributed by atoms with E-state index in [2.05, 4.69) is 25.7 Å². The van der Waals surface area contributed by atoms with Gasteiger partial charge in [-0.05, 0) is 24.7 Å². The van der Waals surface area contributed by atoms with E-state index in [-0.39, 0.29) is 0 Å². The monoisotopic (exact) mass is 185 g/mol. The van der Waals surface area contributed by atoms with Gasteiger partial charge in [0.2, 0.25) is 0 Å². The third-order valence-corrected chi connectivity index (χ3v) is 2.52. The van der Waals surface area contributed by atoms with Crippen LogP contribution in [-0.4, -0.2) is 35.7 Å². The third-order valence-electron chi connectivity index (χ3n) is 2.52. The van der Waals surface area contributed by atoms with E-state index in [1.807, 2.05) is 0 Å². The maximum Gasteiger partial charge on any atom is 0.0468 e. The Balaban J connectivity index is 2.29. The fourth-order valence-electron chi connectivity index (χ4n) is 1.74. The predicted molar refractivity (Wildman–Crippen MR) is 55.7 cm³/mol. The first-order chi connectivity index (χ1) is 6.13. The summed E-state index contributed by atoms with van der Waals surface area (Å²) in [5.41, 5.74) is 0. The minimum absolute atomic E-state index is 0.321. The van der Waals surface area contributed by atoms with Crippen molar-refractivity contribution in [3.63, 3.8) is 0 Å². The molecule has 13 heavy (non-hydrogen) atoms. The second kappa shape index (κ2) is 4.97. The fraction of sp³-hybridized carbons (Fsp3) is 1.00. The first kappa shape index (κ1) is 11.0. The molecule has 0 amide bonds. The van der Waals surface area contributed by atoms with Crippen LogP contribution in [0.5, 0.6) is 0 Å². The fourth-order valence-corrected chi connectivity index (χ4v) is 1.74. The average molecular weight is 185 g/mol. The van der Waals surface area contributed by atoms with Crippen molar-refractivity contribution in [2.24, 2.45) is 11.8 Å². The molecule has 0 heterocycles. The molecule has 1 aliphatic rings. The van der Waals surface area contributed by atoms with Crippen LogP contribution in [0.2, 0.25) is 0 Å². The highest BCUT2D eigenvalue weighted by Gasteiger charge is 2.29. The Kier molecular flexibility index (Phi) is 4.20. The molecule has 0 aromatic heterocycles. The first-order valence-corrected chi connectivity index (χ1v) is 5.48. The Hall–Kier alpha value is -0.0800. The van der Waals surface area contributed by atoms with Crippen molar-refractivity contribution in [1.29, 1.82) is 0 Å². The number of nitrogens with zero attached hydrogens (tertiary/aromatic N) is 1. The highest BCUT2D eigenvalue weighted by Crippen LogP contribution is 2.28. The minimum atomic E-state index is 0.321. The van der Waals surface area contributed by atoms with Gasteiger partial charge in [-0.25, -0.2) is 0 Å². The van der Waals surface area contributed by atoms with Crippen LogP contribution in [0, 0.1) is 11.8 Å². The van der Waals surface area contributed by atoms with Crippen LogP contribution < -0.4 is 0 Å². The van der Waals surface area contributed by atoms with Crippen molar-refractivity contribution in [2.75, 3.05) is 19.7 Å². The van der Waals surface area contributed by atoms with Crippen molar-refractivity contribution in [3.8, 4) is 0 Å². The van der Waals surface area contributed by atoms with E-state index in [0.717, 1.165) is 18.5 Å². The van der Waals surface area contributed by atoms with Gasteiger partial charge in [-0.3, -0.25) is 4.90 Å². The average Bonchev–Trinajstić information content (AvgIpc) is 2.84. The van der Waals surface area contributed by atoms with Gasteiger partial charge in [0.1, 0.15) is 0 Å². The molecule has 2 heteroatoms. The van der Waals surface area contributed by atoms with Gasteiger partial charge in [-0.15, -0.1) is 0 Å². The Labute approximate surface area is 81.9 Å². The molecule has 1 N–H and O–H groups in total. The Bertz CT molecular complexity index is 143. The molecule has 1 saturated carbocycles. The third kappa shape index (κ3) is 4.10. The van der Waals surface area contributed by atoms with Gasteiger partial charge < -0.3 is 5.11 Å². The Morgan fingerprint density at radius 1 is 1.23 bits per heavy atom. The van der Waals surface area contributed by atoms with Crippen LogP contribution in [0.4, 0.5) is 0 Å². The highest BCUT2D eigenvalue weighted by atomic mass is 16.3. The molecule has 1 fully saturated rings. The summed E-state index contributed by atoms with van der Waals surface area (Å²) in [6.07, 6.45) is 2.73. The first-order valence-electron chi connectivity index (χ1n) is 5.48. The Morgan fingerprint density at radius 3 is 2.23 bits per heavy atom. The quantitative estimate of drug-likeness (QED) is 0.681. The molecule has 78 valence electrons. The molecule has 0 radical (unpaired) electrons. The summed E-state index contributed by atoms with van der Waals surface area (Å²) in [4.78, 5) is 2.55. The van der Waals surface area contributed by atoms with Gasteiger partial charge in [0.05, 0.1) is 0 Å². The smallest absolute Gasteiger partial charge is 0.0468 e. The van der Waals surface area contributed by atoms with Crippen LogP contribution >= 0.6 is 0 Å². The van der Waals surface area contributed by atoms with E-state index >= 15 is 0 Å². The van der Waals surface area contributed by atoms with E-state index in [4.69, 9.17) is 5.11 Å². The van der Waals surface area contributed by atoms with Crippen molar-refractivity contribution < 1.29 is 5.11 Å². The van der Waals surface area contributed by atoms with Gasteiger partial charge in [-0.2, -0.15) is 0 Å². The standard InChI is InChI=1S/C11H23NO/c1-9(2)6-12(11-4-5-11)7-10(3)8-13/h9-11,13H,4-8H2,1-3H3. The second-order valence-electron chi connectivity index (χ2n) is 4.87. The molecule has 1 rings (SSSR count). The molecule has 0 bridgehead atoms. The van der Waals surface area contributed by atoms with Gasteiger partial charge in [0.15, 0.2) is 0 Å². The molecule has 1 unspecified atom stereocenters. The number of hydrogen-bond acceptors (Lipinski definition) is 2. The maximum absolute atomic E-state index is 8.99. The molecule has 2 nitrogen and oxygen atoms in total. The molecule has 0 spiro atoms. The number of aliphatic hydroxyl groups excluding tert-OH is 1. The predicted octanol–water partition coefficient (Wildman–Crippen LogP) is 1.74. The highest BCUT2D eigenvalue weighted by molar-refractivity contribution is 4.85. The van der Waals surface area contributed by atoms with Crippen molar-refractivity contribution >= 4 is 0 Å². The maximum atomic E-state index is 8.99. The second-order valence-corrected chi connectivity index (χ2v) is 4.87. The van der Waals surface area contributed by atoms with Crippen LogP contribution in [0.25, 0.3) is 0 Å². The summed E-state index contributed by atoms with van der Waals surface area (Å²) in [6.45, 7) is 9.23. The molecule has 1 aliphatic carbocycles. The lowest BCUT2D eigenvalue weighted by molar-refractivity contribution is 0.156. The summed E-state index contributed by atoms with van der Waals surface area (Å²) in [7, 11) is 0. The number of rotatable bonds is 6. The van der Waals surface area contributed by atoms with Crippen LogP contribution in [0.15, 0.2) is 0 Å². The van der Waals surface area contributed by atoms with E-state index in [1.165, 1.54) is 19.4 Å². The zero-order valence-electron chi connectivity index (χ0n) is 9.16. The van der Waals surface area contributed by atoms with E-state index in [9.17, 15) is 0 Å². The SMILES string of the molecule is CC(C)CN(CC(C)CO)C1CC1. The largest absolute Gasteiger partial charge is 0.396 e. The number of hydrogen-bond donors (Lipinski definition) is 1. The minimum Gasteiger partial charge on any atom is -0.396 e. The summed E-state index contributed by atoms with van der Waals surface area (Å²) in [5.74, 6) is 1.17. The normalized spacial score (nSPS) is 19.8. The van der Waals surface area contributed by atoms with Crippen molar-refractivity contribution in [3.05, 3.63) is 0 Å². The number of aliphatic hydroxyl groups is 1. The van der Waals surface area contributed by atoms with Crippen LogP contribution in [-0.2, 0) is 0 Å². The van der Waals surface area contributed by atoms with E-state index < -0.39 is 0 Å². The van der Waals surface area contributed by atoms with Gasteiger partial charge in [-0.1, -0.05) is 20.8 Å². The topological polar surface area (TPSA) is 23.5 Å².